The highest BCUT2D eigenvalue weighted by atomic mass is 32.1. The molecule has 41 valence electrons. The van der Waals surface area contributed by atoms with E-state index in [2.05, 4.69) is 18.4 Å². The van der Waals surface area contributed by atoms with Crippen molar-refractivity contribution in [1.82, 2.24) is 0 Å². The van der Waals surface area contributed by atoms with E-state index in [1.807, 2.05) is 12.1 Å². The third kappa shape index (κ3) is 1.20. The van der Waals surface area contributed by atoms with Gasteiger partial charge in [0.25, 0.3) is 0 Å². The lowest BCUT2D eigenvalue weighted by Gasteiger charge is -1.74. The summed E-state index contributed by atoms with van der Waals surface area (Å²) >= 11 is 1.72. The van der Waals surface area contributed by atoms with E-state index in [0.29, 0.717) is 0 Å². The zero-order chi connectivity index (χ0) is 5.82. The van der Waals surface area contributed by atoms with Crippen LogP contribution in [0.4, 0.5) is 0 Å². The van der Waals surface area contributed by atoms with Gasteiger partial charge in [0, 0.05) is 4.88 Å². The summed E-state index contributed by atoms with van der Waals surface area (Å²) in [6.07, 6.45) is 3.79. The molecular formula is C7H7S. The molecule has 1 radical (unpaired) electrons. The normalized spacial score (nSPS) is 10.6. The zero-order valence-corrected chi connectivity index (χ0v) is 5.32. The minimum Gasteiger partial charge on any atom is -0.144 e. The first kappa shape index (κ1) is 5.57. The molecule has 1 heteroatoms. The Morgan fingerprint density at radius 3 is 3.00 bits per heavy atom. The Bertz CT molecular complexity index is 161. The number of hydrogen-bond acceptors (Lipinski definition) is 1. The van der Waals surface area contributed by atoms with E-state index in [4.69, 9.17) is 0 Å². The highest BCUT2D eigenvalue weighted by Gasteiger charge is 1.80. The SMILES string of the molecule is [CH2]/C=C/c1cccs1. The smallest absolute Gasteiger partial charge is 0.0267 e. The summed E-state index contributed by atoms with van der Waals surface area (Å²) in [5.41, 5.74) is 0. The first-order chi connectivity index (χ1) is 3.93. The van der Waals surface area contributed by atoms with Crippen molar-refractivity contribution in [3.05, 3.63) is 35.4 Å². The molecule has 0 unspecified atom stereocenters. The molecule has 0 aromatic carbocycles. The van der Waals surface area contributed by atoms with Crippen LogP contribution < -0.4 is 0 Å². The molecule has 0 aliphatic heterocycles. The number of rotatable bonds is 1. The monoisotopic (exact) mass is 123 g/mol. The summed E-state index contributed by atoms with van der Waals surface area (Å²) in [5.74, 6) is 0. The third-order valence-corrected chi connectivity index (χ3v) is 1.66. The molecule has 1 rings (SSSR count). The van der Waals surface area contributed by atoms with E-state index in [0.717, 1.165) is 0 Å². The van der Waals surface area contributed by atoms with E-state index in [-0.39, 0.29) is 0 Å². The second kappa shape index (κ2) is 2.68. The van der Waals surface area contributed by atoms with Crippen LogP contribution in [-0.2, 0) is 0 Å². The van der Waals surface area contributed by atoms with Gasteiger partial charge in [-0.25, -0.2) is 0 Å². The average molecular weight is 123 g/mol. The molecule has 0 spiro atoms. The number of allylic oxidation sites excluding steroid dienone is 1. The van der Waals surface area contributed by atoms with E-state index < -0.39 is 0 Å². The minimum atomic E-state index is 1.26. The van der Waals surface area contributed by atoms with Crippen molar-refractivity contribution >= 4 is 17.4 Å². The Balaban J connectivity index is 2.77. The number of hydrogen-bond donors (Lipinski definition) is 0. The van der Waals surface area contributed by atoms with Crippen molar-refractivity contribution < 1.29 is 0 Å². The lowest BCUT2D eigenvalue weighted by Crippen LogP contribution is -1.50. The van der Waals surface area contributed by atoms with Crippen molar-refractivity contribution in [2.24, 2.45) is 0 Å². The number of thiophene rings is 1. The van der Waals surface area contributed by atoms with Crippen molar-refractivity contribution in [2.45, 2.75) is 0 Å². The van der Waals surface area contributed by atoms with Crippen molar-refractivity contribution in [2.75, 3.05) is 0 Å². The van der Waals surface area contributed by atoms with Gasteiger partial charge in [0.1, 0.15) is 0 Å². The molecule has 0 fully saturated rings. The Labute approximate surface area is 53.5 Å². The van der Waals surface area contributed by atoms with Gasteiger partial charge in [0.15, 0.2) is 0 Å². The molecule has 0 saturated heterocycles. The Morgan fingerprint density at radius 2 is 2.50 bits per heavy atom. The van der Waals surface area contributed by atoms with E-state index >= 15 is 0 Å². The Hall–Kier alpha value is -0.560. The molecule has 0 N–H and O–H groups in total. The molecular weight excluding hydrogens is 116 g/mol. The molecule has 0 saturated carbocycles. The van der Waals surface area contributed by atoms with Gasteiger partial charge in [0.2, 0.25) is 0 Å². The van der Waals surface area contributed by atoms with Gasteiger partial charge < -0.3 is 0 Å². The zero-order valence-electron chi connectivity index (χ0n) is 4.50. The molecule has 0 amide bonds. The first-order valence-corrected chi connectivity index (χ1v) is 3.31. The van der Waals surface area contributed by atoms with Gasteiger partial charge in [0.05, 0.1) is 0 Å². The first-order valence-electron chi connectivity index (χ1n) is 2.43. The van der Waals surface area contributed by atoms with E-state index in [1.165, 1.54) is 4.88 Å². The van der Waals surface area contributed by atoms with Crippen LogP contribution in [-0.4, -0.2) is 0 Å². The lowest BCUT2D eigenvalue weighted by molar-refractivity contribution is 1.94. The molecule has 8 heavy (non-hydrogen) atoms. The van der Waals surface area contributed by atoms with Gasteiger partial charge in [-0.15, -0.1) is 11.3 Å². The van der Waals surface area contributed by atoms with Gasteiger partial charge in [-0.3, -0.25) is 0 Å². The molecule has 0 nitrogen and oxygen atoms in total. The van der Waals surface area contributed by atoms with E-state index in [1.54, 1.807) is 17.4 Å². The molecule has 1 aromatic rings. The summed E-state index contributed by atoms with van der Waals surface area (Å²) in [7, 11) is 0. The van der Waals surface area contributed by atoms with Gasteiger partial charge in [-0.2, -0.15) is 0 Å². The molecule has 1 heterocycles. The molecule has 0 aliphatic rings. The topological polar surface area (TPSA) is 0 Å². The summed E-state index contributed by atoms with van der Waals surface area (Å²) < 4.78 is 0. The maximum Gasteiger partial charge on any atom is 0.0267 e. The highest BCUT2D eigenvalue weighted by Crippen LogP contribution is 2.09. The van der Waals surface area contributed by atoms with Crippen LogP contribution >= 0.6 is 11.3 Å². The Kier molecular flexibility index (Phi) is 1.86. The average Bonchev–Trinajstić information content (AvgIpc) is 2.19. The van der Waals surface area contributed by atoms with Gasteiger partial charge >= 0.3 is 0 Å². The quantitative estimate of drug-likeness (QED) is 0.538. The predicted octanol–water partition coefficient (Wildman–Crippen LogP) is 2.60. The van der Waals surface area contributed by atoms with Crippen LogP contribution in [0, 0.1) is 6.92 Å². The van der Waals surface area contributed by atoms with Crippen molar-refractivity contribution in [3.63, 3.8) is 0 Å². The van der Waals surface area contributed by atoms with Crippen LogP contribution in [0.3, 0.4) is 0 Å². The van der Waals surface area contributed by atoms with Crippen LogP contribution in [0.15, 0.2) is 23.6 Å². The molecule has 0 aliphatic carbocycles. The summed E-state index contributed by atoms with van der Waals surface area (Å²) in [5, 5.41) is 2.05. The maximum atomic E-state index is 3.59. The standard InChI is InChI=1S/C7H7S/c1-2-4-7-5-3-6-8-7/h2-6H,1H2/b4-2+. The molecule has 1 aromatic heterocycles. The minimum absolute atomic E-state index is 1.26. The lowest BCUT2D eigenvalue weighted by atomic mass is 10.4. The molecule has 0 bridgehead atoms. The fourth-order valence-electron chi connectivity index (χ4n) is 0.502. The van der Waals surface area contributed by atoms with Crippen LogP contribution in [0.1, 0.15) is 4.88 Å². The van der Waals surface area contributed by atoms with Crippen LogP contribution in [0.2, 0.25) is 0 Å². The fourth-order valence-corrected chi connectivity index (χ4v) is 1.15. The Morgan fingerprint density at radius 1 is 1.62 bits per heavy atom. The maximum absolute atomic E-state index is 3.59. The molecule has 0 atom stereocenters. The van der Waals surface area contributed by atoms with Crippen molar-refractivity contribution in [3.8, 4) is 0 Å². The summed E-state index contributed by atoms with van der Waals surface area (Å²) in [4.78, 5) is 1.26. The van der Waals surface area contributed by atoms with Crippen molar-refractivity contribution in [1.29, 1.82) is 0 Å². The second-order valence-corrected chi connectivity index (χ2v) is 2.40. The van der Waals surface area contributed by atoms with Gasteiger partial charge in [-0.05, 0) is 24.4 Å². The summed E-state index contributed by atoms with van der Waals surface area (Å²) in [6.45, 7) is 3.59. The second-order valence-electron chi connectivity index (χ2n) is 1.42. The largest absolute Gasteiger partial charge is 0.144 e. The van der Waals surface area contributed by atoms with Crippen LogP contribution in [0.5, 0.6) is 0 Å². The van der Waals surface area contributed by atoms with Crippen LogP contribution in [0.25, 0.3) is 6.08 Å². The van der Waals surface area contributed by atoms with E-state index in [9.17, 15) is 0 Å². The summed E-state index contributed by atoms with van der Waals surface area (Å²) in [6, 6.07) is 4.09. The fraction of sp³-hybridized carbons (Fsp3) is 0. The predicted molar refractivity (Wildman–Crippen MR) is 38.7 cm³/mol. The van der Waals surface area contributed by atoms with Gasteiger partial charge in [-0.1, -0.05) is 12.1 Å². The third-order valence-electron chi connectivity index (χ3n) is 0.825. The highest BCUT2D eigenvalue weighted by molar-refractivity contribution is 7.10.